The molecule has 0 aromatic rings. The van der Waals surface area contributed by atoms with E-state index in [-0.39, 0.29) is 10.5 Å². The van der Waals surface area contributed by atoms with Crippen molar-refractivity contribution in [1.29, 1.82) is 0 Å². The van der Waals surface area contributed by atoms with E-state index < -0.39 is 0 Å². The van der Waals surface area contributed by atoms with Gasteiger partial charge in [0.25, 0.3) is 0 Å². The Morgan fingerprint density at radius 1 is 1.30 bits per heavy atom. The summed E-state index contributed by atoms with van der Waals surface area (Å²) < 4.78 is -0.266. The molecule has 10 heavy (non-hydrogen) atoms. The first-order valence-corrected chi connectivity index (χ1v) is 4.33. The minimum Gasteiger partial charge on any atom is -0.298 e. The zero-order chi connectivity index (χ0) is 7.61. The summed E-state index contributed by atoms with van der Waals surface area (Å²) in [6.07, 6.45) is 5.57. The summed E-state index contributed by atoms with van der Waals surface area (Å²) in [5.74, 6) is 0.246. The third kappa shape index (κ3) is 1.54. The fraction of sp³-hybridized carbons (Fsp3) is 0.875. The average Bonchev–Trinajstić information content (AvgIpc) is 1.89. The predicted octanol–water partition coefficient (Wildman–Crippen LogP) is 2.21. The SMILES string of the molecule is CC(=O)C1(S)CCCCC1. The van der Waals surface area contributed by atoms with Crippen LogP contribution in [0.2, 0.25) is 0 Å². The van der Waals surface area contributed by atoms with Gasteiger partial charge in [0.05, 0.1) is 4.75 Å². The molecule has 0 aromatic carbocycles. The lowest BCUT2D eigenvalue weighted by Gasteiger charge is -2.29. The van der Waals surface area contributed by atoms with Gasteiger partial charge >= 0.3 is 0 Å². The molecule has 1 aliphatic carbocycles. The van der Waals surface area contributed by atoms with Crippen LogP contribution in [0.25, 0.3) is 0 Å². The van der Waals surface area contributed by atoms with Crippen LogP contribution < -0.4 is 0 Å². The monoisotopic (exact) mass is 158 g/mol. The summed E-state index contributed by atoms with van der Waals surface area (Å²) >= 11 is 4.40. The molecule has 0 aliphatic heterocycles. The van der Waals surface area contributed by atoms with Gasteiger partial charge in [0, 0.05) is 0 Å². The summed E-state index contributed by atoms with van der Waals surface area (Å²) in [5, 5.41) is 0. The summed E-state index contributed by atoms with van der Waals surface area (Å²) in [5.41, 5.74) is 0. The number of rotatable bonds is 1. The van der Waals surface area contributed by atoms with Crippen LogP contribution in [0.5, 0.6) is 0 Å². The van der Waals surface area contributed by atoms with Crippen molar-refractivity contribution < 1.29 is 4.79 Å². The maximum Gasteiger partial charge on any atom is 0.145 e. The van der Waals surface area contributed by atoms with E-state index in [1.165, 1.54) is 19.3 Å². The average molecular weight is 158 g/mol. The van der Waals surface area contributed by atoms with Gasteiger partial charge in [-0.1, -0.05) is 19.3 Å². The molecule has 0 spiro atoms. The van der Waals surface area contributed by atoms with Crippen molar-refractivity contribution in [3.63, 3.8) is 0 Å². The van der Waals surface area contributed by atoms with Gasteiger partial charge in [0.2, 0.25) is 0 Å². The van der Waals surface area contributed by atoms with E-state index in [0.29, 0.717) is 0 Å². The number of carbonyl (C=O) groups is 1. The van der Waals surface area contributed by atoms with Gasteiger partial charge in [-0.15, -0.1) is 0 Å². The molecule has 0 heterocycles. The van der Waals surface area contributed by atoms with Crippen LogP contribution in [0.3, 0.4) is 0 Å². The molecular formula is C8H14OS. The highest BCUT2D eigenvalue weighted by Crippen LogP contribution is 2.34. The van der Waals surface area contributed by atoms with Gasteiger partial charge in [0.15, 0.2) is 0 Å². The number of hydrogen-bond acceptors (Lipinski definition) is 2. The molecule has 1 saturated carbocycles. The van der Waals surface area contributed by atoms with Gasteiger partial charge in [-0.3, -0.25) is 4.79 Å². The standard InChI is InChI=1S/C8H14OS/c1-7(9)8(10)5-3-2-4-6-8/h10H,2-6H2,1H3. The van der Waals surface area contributed by atoms with Gasteiger partial charge in [-0.05, 0) is 19.8 Å². The Bertz CT molecular complexity index is 136. The number of Topliss-reactive ketones (excluding diaryl/α,β-unsaturated/α-hetero) is 1. The van der Waals surface area contributed by atoms with E-state index >= 15 is 0 Å². The highest BCUT2D eigenvalue weighted by Gasteiger charge is 2.32. The van der Waals surface area contributed by atoms with E-state index in [9.17, 15) is 4.79 Å². The Labute approximate surface area is 67.6 Å². The third-order valence-corrected chi connectivity index (χ3v) is 3.10. The minimum absolute atomic E-state index is 0.246. The van der Waals surface area contributed by atoms with Crippen LogP contribution in [0, 0.1) is 0 Å². The summed E-state index contributed by atoms with van der Waals surface area (Å²) in [6.45, 7) is 1.65. The van der Waals surface area contributed by atoms with E-state index in [1.807, 2.05) is 0 Å². The van der Waals surface area contributed by atoms with Crippen LogP contribution in [0.4, 0.5) is 0 Å². The van der Waals surface area contributed by atoms with Crippen molar-refractivity contribution in [3.05, 3.63) is 0 Å². The van der Waals surface area contributed by atoms with Gasteiger partial charge in [0.1, 0.15) is 5.78 Å². The summed E-state index contributed by atoms with van der Waals surface area (Å²) in [4.78, 5) is 11.0. The molecule has 0 aromatic heterocycles. The molecule has 1 rings (SSSR count). The zero-order valence-electron chi connectivity index (χ0n) is 6.39. The third-order valence-electron chi connectivity index (χ3n) is 2.34. The Morgan fingerprint density at radius 2 is 1.80 bits per heavy atom. The molecule has 1 nitrogen and oxygen atoms in total. The van der Waals surface area contributed by atoms with Crippen molar-refractivity contribution in [3.8, 4) is 0 Å². The second-order valence-electron chi connectivity index (χ2n) is 3.15. The minimum atomic E-state index is -0.266. The van der Waals surface area contributed by atoms with E-state index in [1.54, 1.807) is 6.92 Å². The van der Waals surface area contributed by atoms with Crippen LogP contribution in [0.1, 0.15) is 39.0 Å². The molecule has 1 aliphatic rings. The Balaban J connectivity index is 2.56. The molecule has 2 heteroatoms. The second-order valence-corrected chi connectivity index (χ2v) is 4.00. The van der Waals surface area contributed by atoms with Gasteiger partial charge < -0.3 is 0 Å². The molecule has 0 radical (unpaired) electrons. The normalized spacial score (nSPS) is 24.2. The largest absolute Gasteiger partial charge is 0.298 e. The second kappa shape index (κ2) is 2.95. The maximum absolute atomic E-state index is 11.0. The van der Waals surface area contributed by atoms with E-state index in [0.717, 1.165) is 12.8 Å². The number of thiol groups is 1. The van der Waals surface area contributed by atoms with Crippen molar-refractivity contribution >= 4 is 18.4 Å². The lowest BCUT2D eigenvalue weighted by atomic mass is 9.86. The van der Waals surface area contributed by atoms with Crippen LogP contribution >= 0.6 is 12.6 Å². The topological polar surface area (TPSA) is 17.1 Å². The Morgan fingerprint density at radius 3 is 2.10 bits per heavy atom. The van der Waals surface area contributed by atoms with Gasteiger partial charge in [-0.2, -0.15) is 12.6 Å². The molecule has 0 N–H and O–H groups in total. The van der Waals surface area contributed by atoms with Crippen molar-refractivity contribution in [2.45, 2.75) is 43.8 Å². The molecule has 0 atom stereocenters. The summed E-state index contributed by atoms with van der Waals surface area (Å²) in [6, 6.07) is 0. The fourth-order valence-corrected chi connectivity index (χ4v) is 1.80. The predicted molar refractivity (Wildman–Crippen MR) is 45.5 cm³/mol. The quantitative estimate of drug-likeness (QED) is 0.579. The molecule has 58 valence electrons. The zero-order valence-corrected chi connectivity index (χ0v) is 7.29. The Hall–Kier alpha value is 0.0200. The van der Waals surface area contributed by atoms with E-state index in [4.69, 9.17) is 0 Å². The molecular weight excluding hydrogens is 144 g/mol. The number of carbonyl (C=O) groups excluding carboxylic acids is 1. The molecule has 0 unspecified atom stereocenters. The first-order valence-electron chi connectivity index (χ1n) is 3.88. The highest BCUT2D eigenvalue weighted by atomic mass is 32.1. The lowest BCUT2D eigenvalue weighted by molar-refractivity contribution is -0.119. The number of ketones is 1. The molecule has 0 saturated heterocycles. The van der Waals surface area contributed by atoms with Gasteiger partial charge in [-0.25, -0.2) is 0 Å². The smallest absolute Gasteiger partial charge is 0.145 e. The molecule has 0 bridgehead atoms. The van der Waals surface area contributed by atoms with Crippen molar-refractivity contribution in [2.24, 2.45) is 0 Å². The first-order chi connectivity index (χ1) is 4.65. The highest BCUT2D eigenvalue weighted by molar-refractivity contribution is 7.82. The van der Waals surface area contributed by atoms with Crippen molar-refractivity contribution in [2.75, 3.05) is 0 Å². The molecule has 1 fully saturated rings. The first kappa shape index (κ1) is 8.12. The Kier molecular flexibility index (Phi) is 2.40. The van der Waals surface area contributed by atoms with Crippen LogP contribution in [-0.2, 0) is 4.79 Å². The van der Waals surface area contributed by atoms with E-state index in [2.05, 4.69) is 12.6 Å². The molecule has 0 amide bonds. The van der Waals surface area contributed by atoms with Crippen molar-refractivity contribution in [1.82, 2.24) is 0 Å². The summed E-state index contributed by atoms with van der Waals surface area (Å²) in [7, 11) is 0. The number of hydrogen-bond donors (Lipinski definition) is 1. The maximum atomic E-state index is 11.0. The van der Waals surface area contributed by atoms with Crippen LogP contribution in [-0.4, -0.2) is 10.5 Å². The lowest BCUT2D eigenvalue weighted by Crippen LogP contribution is -2.32. The van der Waals surface area contributed by atoms with Crippen LogP contribution in [0.15, 0.2) is 0 Å². The fourth-order valence-electron chi connectivity index (χ4n) is 1.49.